The predicted octanol–water partition coefficient (Wildman–Crippen LogP) is 4.16. The number of nitrogens with zero attached hydrogens (tertiary/aromatic N) is 2. The maximum atomic E-state index is 5.75. The van der Waals surface area contributed by atoms with Crippen LogP contribution in [0.15, 0.2) is 27.1 Å². The van der Waals surface area contributed by atoms with Gasteiger partial charge in [-0.2, -0.15) is 0 Å². The lowest BCUT2D eigenvalue weighted by Crippen LogP contribution is -2.19. The minimum absolute atomic E-state index is 0.0720. The minimum atomic E-state index is 0.0720. The summed E-state index contributed by atoms with van der Waals surface area (Å²) in [6.07, 6.45) is 1.08. The fourth-order valence-electron chi connectivity index (χ4n) is 1.63. The van der Waals surface area contributed by atoms with Crippen molar-refractivity contribution in [2.75, 3.05) is 6.54 Å². The maximum Gasteiger partial charge on any atom is 0.249 e. The summed E-state index contributed by atoms with van der Waals surface area (Å²) >= 11 is 5.77. The van der Waals surface area contributed by atoms with Gasteiger partial charge in [0.25, 0.3) is 0 Å². The topological polar surface area (TPSA) is 51.0 Å². The van der Waals surface area contributed by atoms with Gasteiger partial charge >= 0.3 is 0 Å². The van der Waals surface area contributed by atoms with E-state index in [0.717, 1.165) is 26.6 Å². The van der Waals surface area contributed by atoms with Crippen molar-refractivity contribution in [3.63, 3.8) is 0 Å². The van der Waals surface area contributed by atoms with Crippen LogP contribution >= 0.6 is 38.5 Å². The number of rotatable bonds is 5. The zero-order valence-electron chi connectivity index (χ0n) is 10.8. The van der Waals surface area contributed by atoms with Gasteiger partial charge in [-0.05, 0) is 76.6 Å². The lowest BCUT2D eigenvalue weighted by atomic mass is 10.2. The van der Waals surface area contributed by atoms with Crippen LogP contribution in [0.1, 0.15) is 32.2 Å². The molecule has 1 aromatic heterocycles. The molecular formula is C13H15BrIN3O. The number of hydrogen-bond donors (Lipinski definition) is 1. The minimum Gasteiger partial charge on any atom is -0.419 e. The molecule has 0 bridgehead atoms. The Morgan fingerprint density at radius 3 is 2.95 bits per heavy atom. The first kappa shape index (κ1) is 14.9. The molecule has 0 saturated heterocycles. The Kier molecular flexibility index (Phi) is 5.35. The number of benzene rings is 1. The Balaban J connectivity index is 2.23. The summed E-state index contributed by atoms with van der Waals surface area (Å²) in [6, 6.07) is 6.10. The molecule has 1 atom stereocenters. The van der Waals surface area contributed by atoms with Crippen LogP contribution in [0.3, 0.4) is 0 Å². The summed E-state index contributed by atoms with van der Waals surface area (Å²) in [5.74, 6) is 1.17. The zero-order valence-corrected chi connectivity index (χ0v) is 14.5. The van der Waals surface area contributed by atoms with E-state index in [4.69, 9.17) is 4.42 Å². The lowest BCUT2D eigenvalue weighted by molar-refractivity contribution is 0.423. The van der Waals surface area contributed by atoms with Crippen LogP contribution in [0.4, 0.5) is 0 Å². The van der Waals surface area contributed by atoms with Crippen molar-refractivity contribution in [2.45, 2.75) is 26.3 Å². The highest BCUT2D eigenvalue weighted by atomic mass is 127. The van der Waals surface area contributed by atoms with Gasteiger partial charge in [-0.25, -0.2) is 0 Å². The Bertz CT molecular complexity index is 559. The van der Waals surface area contributed by atoms with E-state index in [0.29, 0.717) is 11.8 Å². The van der Waals surface area contributed by atoms with Crippen molar-refractivity contribution >= 4 is 38.5 Å². The zero-order chi connectivity index (χ0) is 13.8. The molecule has 0 fully saturated rings. The first-order valence-electron chi connectivity index (χ1n) is 6.14. The molecule has 1 heterocycles. The molecule has 0 aliphatic heterocycles. The van der Waals surface area contributed by atoms with Crippen LogP contribution in [-0.4, -0.2) is 16.7 Å². The van der Waals surface area contributed by atoms with E-state index in [2.05, 4.69) is 61.0 Å². The monoisotopic (exact) mass is 435 g/mol. The third kappa shape index (κ3) is 3.76. The summed E-state index contributed by atoms with van der Waals surface area (Å²) in [6.45, 7) is 5.09. The molecule has 2 rings (SSSR count). The molecule has 1 N–H and O–H groups in total. The van der Waals surface area contributed by atoms with E-state index in [1.54, 1.807) is 0 Å². The van der Waals surface area contributed by atoms with Crippen LogP contribution in [-0.2, 0) is 0 Å². The summed E-state index contributed by atoms with van der Waals surface area (Å²) in [5, 5.41) is 11.6. The number of aromatic nitrogens is 2. The molecule has 19 heavy (non-hydrogen) atoms. The van der Waals surface area contributed by atoms with E-state index in [-0.39, 0.29) is 6.04 Å². The van der Waals surface area contributed by atoms with Crippen LogP contribution in [0, 0.1) is 3.57 Å². The fraction of sp³-hybridized carbons (Fsp3) is 0.385. The molecule has 0 radical (unpaired) electrons. The van der Waals surface area contributed by atoms with E-state index >= 15 is 0 Å². The summed E-state index contributed by atoms with van der Waals surface area (Å²) in [5.41, 5.74) is 0.924. The Morgan fingerprint density at radius 1 is 1.42 bits per heavy atom. The predicted molar refractivity (Wildman–Crippen MR) is 86.9 cm³/mol. The first-order valence-corrected chi connectivity index (χ1v) is 8.01. The van der Waals surface area contributed by atoms with Gasteiger partial charge in [0.05, 0.1) is 11.6 Å². The number of hydrogen-bond acceptors (Lipinski definition) is 4. The Morgan fingerprint density at radius 2 is 2.21 bits per heavy atom. The van der Waals surface area contributed by atoms with Gasteiger partial charge in [-0.15, -0.1) is 10.2 Å². The van der Waals surface area contributed by atoms with Crippen molar-refractivity contribution in [3.05, 3.63) is 32.1 Å². The largest absolute Gasteiger partial charge is 0.419 e. The van der Waals surface area contributed by atoms with Crippen LogP contribution in [0.5, 0.6) is 0 Å². The average molecular weight is 436 g/mol. The molecule has 0 saturated carbocycles. The van der Waals surface area contributed by atoms with Crippen molar-refractivity contribution < 1.29 is 4.42 Å². The number of nitrogens with one attached hydrogen (secondary N) is 1. The second kappa shape index (κ2) is 6.81. The lowest BCUT2D eigenvalue weighted by Gasteiger charge is -2.07. The molecule has 102 valence electrons. The number of halogens is 2. The summed E-state index contributed by atoms with van der Waals surface area (Å²) < 4.78 is 7.83. The summed E-state index contributed by atoms with van der Waals surface area (Å²) in [4.78, 5) is 0. The fourth-order valence-corrected chi connectivity index (χ4v) is 2.54. The van der Waals surface area contributed by atoms with Crippen LogP contribution in [0.25, 0.3) is 11.5 Å². The van der Waals surface area contributed by atoms with E-state index in [1.165, 1.54) is 0 Å². The molecule has 2 aromatic rings. The molecule has 0 aliphatic carbocycles. The molecule has 1 aromatic carbocycles. The van der Waals surface area contributed by atoms with E-state index in [9.17, 15) is 0 Å². The third-order valence-electron chi connectivity index (χ3n) is 2.67. The first-order chi connectivity index (χ1) is 9.11. The average Bonchev–Trinajstić information content (AvgIpc) is 2.88. The van der Waals surface area contributed by atoms with Gasteiger partial charge in [-0.1, -0.05) is 6.92 Å². The van der Waals surface area contributed by atoms with Crippen molar-refractivity contribution in [3.8, 4) is 11.5 Å². The second-order valence-corrected chi connectivity index (χ2v) is 6.35. The molecule has 0 amide bonds. The second-order valence-electron chi connectivity index (χ2n) is 4.25. The smallest absolute Gasteiger partial charge is 0.249 e. The van der Waals surface area contributed by atoms with Gasteiger partial charge in [0.15, 0.2) is 0 Å². The van der Waals surface area contributed by atoms with Gasteiger partial charge in [-0.3, -0.25) is 0 Å². The Labute approximate surface area is 134 Å². The van der Waals surface area contributed by atoms with Gasteiger partial charge in [0.1, 0.15) is 0 Å². The van der Waals surface area contributed by atoms with E-state index < -0.39 is 0 Å². The molecule has 4 nitrogen and oxygen atoms in total. The van der Waals surface area contributed by atoms with Crippen molar-refractivity contribution in [1.29, 1.82) is 0 Å². The maximum absolute atomic E-state index is 5.75. The summed E-state index contributed by atoms with van der Waals surface area (Å²) in [7, 11) is 0. The normalized spacial score (nSPS) is 12.6. The molecule has 0 spiro atoms. The van der Waals surface area contributed by atoms with Crippen LogP contribution in [0.2, 0.25) is 0 Å². The standard InChI is InChI=1S/C13H15BrIN3O/c1-3-6-16-8(2)12-17-18-13(19-12)10-7-9(15)4-5-11(10)14/h4-5,7-8,16H,3,6H2,1-2H3. The van der Waals surface area contributed by atoms with Crippen molar-refractivity contribution in [2.24, 2.45) is 0 Å². The van der Waals surface area contributed by atoms with Gasteiger partial charge in [0, 0.05) is 8.04 Å². The van der Waals surface area contributed by atoms with Crippen LogP contribution < -0.4 is 5.32 Å². The quantitative estimate of drug-likeness (QED) is 0.716. The highest BCUT2D eigenvalue weighted by molar-refractivity contribution is 14.1. The molecule has 6 heteroatoms. The van der Waals surface area contributed by atoms with E-state index in [1.807, 2.05) is 25.1 Å². The highest BCUT2D eigenvalue weighted by Crippen LogP contribution is 2.29. The van der Waals surface area contributed by atoms with Gasteiger partial charge in [0.2, 0.25) is 11.8 Å². The molecule has 0 aliphatic rings. The van der Waals surface area contributed by atoms with Gasteiger partial charge < -0.3 is 9.73 Å². The SMILES string of the molecule is CCCNC(C)c1nnc(-c2cc(I)ccc2Br)o1. The molecule has 1 unspecified atom stereocenters. The Hall–Kier alpha value is -0.470. The van der Waals surface area contributed by atoms with Crippen molar-refractivity contribution in [1.82, 2.24) is 15.5 Å². The highest BCUT2D eigenvalue weighted by Gasteiger charge is 2.16. The third-order valence-corrected chi connectivity index (χ3v) is 4.03. The molecular weight excluding hydrogens is 421 g/mol.